The lowest BCUT2D eigenvalue weighted by Gasteiger charge is -2.42. The van der Waals surface area contributed by atoms with E-state index in [9.17, 15) is 0 Å². The highest BCUT2D eigenvalue weighted by atomic mass is 15.2. The van der Waals surface area contributed by atoms with Gasteiger partial charge in [0.25, 0.3) is 0 Å². The molecular formula is C59H42N4. The molecule has 0 aliphatic carbocycles. The standard InChI is InChI=1S/C59H42N4/c1-59(2)49-27-14-15-28-52(49)62(45-22-10-5-11-23-45)53-35-34-44(37-50(53)59)47-25-16-26-48-56-46-24-13-12-19-41(46)33-36-54(56)63(57(47)48)55-38-51(60-58(61-55)43-20-8-4-9-21-43)42-31-29-40(30-32-42)39-17-6-3-7-18-39/h3-38H,1-2H3. The molecule has 2 aromatic heterocycles. The Bertz CT molecular complexity index is 3520. The van der Waals surface area contributed by atoms with Gasteiger partial charge in [0.15, 0.2) is 5.82 Å². The number of fused-ring (bicyclic) bond motifs is 7. The molecule has 4 nitrogen and oxygen atoms in total. The number of hydrogen-bond acceptors (Lipinski definition) is 3. The van der Waals surface area contributed by atoms with Gasteiger partial charge in [0.05, 0.1) is 28.1 Å². The quantitative estimate of drug-likeness (QED) is 0.168. The van der Waals surface area contributed by atoms with E-state index in [2.05, 4.69) is 236 Å². The lowest BCUT2D eigenvalue weighted by Crippen LogP contribution is -2.30. The summed E-state index contributed by atoms with van der Waals surface area (Å²) in [7, 11) is 0. The number of rotatable bonds is 6. The molecule has 0 unspecified atom stereocenters. The van der Waals surface area contributed by atoms with E-state index in [0.29, 0.717) is 5.82 Å². The summed E-state index contributed by atoms with van der Waals surface area (Å²) in [6, 6.07) is 78.4. The molecule has 0 spiro atoms. The van der Waals surface area contributed by atoms with Gasteiger partial charge in [-0.3, -0.25) is 4.57 Å². The van der Waals surface area contributed by atoms with Crippen molar-refractivity contribution in [2.24, 2.45) is 0 Å². The molecule has 4 heteroatoms. The van der Waals surface area contributed by atoms with Crippen molar-refractivity contribution in [1.29, 1.82) is 0 Å². The van der Waals surface area contributed by atoms with Crippen molar-refractivity contribution in [3.05, 3.63) is 230 Å². The monoisotopic (exact) mass is 806 g/mol. The molecule has 0 atom stereocenters. The number of nitrogens with zero attached hydrogens (tertiary/aromatic N) is 4. The molecule has 11 aromatic rings. The van der Waals surface area contributed by atoms with Crippen LogP contribution in [0.25, 0.3) is 83.3 Å². The number of aromatic nitrogens is 3. The van der Waals surface area contributed by atoms with Gasteiger partial charge in [-0.05, 0) is 75.0 Å². The summed E-state index contributed by atoms with van der Waals surface area (Å²) in [5.41, 5.74) is 15.6. The van der Waals surface area contributed by atoms with Crippen molar-refractivity contribution in [2.75, 3.05) is 4.90 Å². The van der Waals surface area contributed by atoms with Gasteiger partial charge in [-0.25, -0.2) is 9.97 Å². The molecule has 63 heavy (non-hydrogen) atoms. The second-order valence-corrected chi connectivity index (χ2v) is 17.0. The fourth-order valence-electron chi connectivity index (χ4n) is 9.91. The maximum Gasteiger partial charge on any atom is 0.162 e. The Kier molecular flexibility index (Phi) is 8.48. The van der Waals surface area contributed by atoms with E-state index in [1.807, 2.05) is 6.07 Å². The minimum absolute atomic E-state index is 0.258. The molecule has 1 aliphatic heterocycles. The van der Waals surface area contributed by atoms with Crippen LogP contribution in [0.5, 0.6) is 0 Å². The van der Waals surface area contributed by atoms with Gasteiger partial charge < -0.3 is 4.90 Å². The molecule has 0 saturated heterocycles. The highest BCUT2D eigenvalue weighted by Crippen LogP contribution is 2.53. The molecule has 298 valence electrons. The van der Waals surface area contributed by atoms with Crippen LogP contribution in [0.4, 0.5) is 17.1 Å². The SMILES string of the molecule is CC1(C)c2ccccc2N(c2ccccc2)c2ccc(-c3cccc4c5c6ccccc6ccc5n(-c5cc(-c6ccc(-c7ccccc7)cc6)nc(-c6ccccc6)n5)c34)cc21. The second-order valence-electron chi connectivity index (χ2n) is 17.0. The van der Waals surface area contributed by atoms with Gasteiger partial charge in [-0.15, -0.1) is 0 Å². The highest BCUT2D eigenvalue weighted by Gasteiger charge is 2.37. The van der Waals surface area contributed by atoms with Crippen LogP contribution in [-0.4, -0.2) is 14.5 Å². The Morgan fingerprint density at radius 1 is 0.429 bits per heavy atom. The van der Waals surface area contributed by atoms with Crippen molar-refractivity contribution in [1.82, 2.24) is 14.5 Å². The Morgan fingerprint density at radius 3 is 1.84 bits per heavy atom. The van der Waals surface area contributed by atoms with Crippen LogP contribution in [0.1, 0.15) is 25.0 Å². The average molecular weight is 807 g/mol. The molecule has 12 rings (SSSR count). The summed E-state index contributed by atoms with van der Waals surface area (Å²) >= 11 is 0. The van der Waals surface area contributed by atoms with Crippen LogP contribution in [0.3, 0.4) is 0 Å². The third-order valence-electron chi connectivity index (χ3n) is 13.0. The molecule has 0 radical (unpaired) electrons. The van der Waals surface area contributed by atoms with Gasteiger partial charge >= 0.3 is 0 Å². The third-order valence-corrected chi connectivity index (χ3v) is 13.0. The molecule has 9 aromatic carbocycles. The molecule has 0 saturated carbocycles. The second kappa shape index (κ2) is 14.5. The first kappa shape index (κ1) is 36.7. The van der Waals surface area contributed by atoms with E-state index >= 15 is 0 Å². The molecule has 0 amide bonds. The average Bonchev–Trinajstić information content (AvgIpc) is 3.70. The predicted octanol–water partition coefficient (Wildman–Crippen LogP) is 15.5. The van der Waals surface area contributed by atoms with Crippen LogP contribution >= 0.6 is 0 Å². The largest absolute Gasteiger partial charge is 0.310 e. The zero-order valence-electron chi connectivity index (χ0n) is 35.1. The number of benzene rings is 9. The zero-order chi connectivity index (χ0) is 42.1. The van der Waals surface area contributed by atoms with Crippen molar-refractivity contribution >= 4 is 49.6 Å². The van der Waals surface area contributed by atoms with Crippen LogP contribution in [0.15, 0.2) is 218 Å². The zero-order valence-corrected chi connectivity index (χ0v) is 35.1. The number of hydrogen-bond donors (Lipinski definition) is 0. The van der Waals surface area contributed by atoms with E-state index in [4.69, 9.17) is 9.97 Å². The number of anilines is 3. The first-order valence-corrected chi connectivity index (χ1v) is 21.7. The smallest absolute Gasteiger partial charge is 0.162 e. The summed E-state index contributed by atoms with van der Waals surface area (Å²) in [6.07, 6.45) is 0. The molecular weight excluding hydrogens is 765 g/mol. The van der Waals surface area contributed by atoms with E-state index in [1.54, 1.807) is 0 Å². The Labute approximate surface area is 367 Å². The Hall–Kier alpha value is -8.08. The Morgan fingerprint density at radius 2 is 1.05 bits per heavy atom. The van der Waals surface area contributed by atoms with Gasteiger partial charge in [0, 0.05) is 44.6 Å². The van der Waals surface area contributed by atoms with Crippen LogP contribution in [0, 0.1) is 0 Å². The van der Waals surface area contributed by atoms with E-state index < -0.39 is 0 Å². The normalized spacial score (nSPS) is 13.0. The van der Waals surface area contributed by atoms with Crippen LogP contribution < -0.4 is 4.90 Å². The predicted molar refractivity (Wildman–Crippen MR) is 262 cm³/mol. The molecule has 1 aliphatic rings. The fraction of sp³-hybridized carbons (Fsp3) is 0.0508. The molecule has 0 N–H and O–H groups in total. The first-order valence-electron chi connectivity index (χ1n) is 21.7. The van der Waals surface area contributed by atoms with Crippen LogP contribution in [-0.2, 0) is 5.41 Å². The fourth-order valence-corrected chi connectivity index (χ4v) is 9.91. The molecule has 3 heterocycles. The van der Waals surface area contributed by atoms with Gasteiger partial charge in [-0.1, -0.05) is 190 Å². The highest BCUT2D eigenvalue weighted by molar-refractivity contribution is 6.23. The molecule has 0 fully saturated rings. The van der Waals surface area contributed by atoms with Crippen LogP contribution in [0.2, 0.25) is 0 Å². The summed E-state index contributed by atoms with van der Waals surface area (Å²) in [5, 5.41) is 4.81. The van der Waals surface area contributed by atoms with Crippen molar-refractivity contribution in [3.8, 4) is 50.7 Å². The first-order chi connectivity index (χ1) is 31.0. The van der Waals surface area contributed by atoms with Crippen molar-refractivity contribution in [2.45, 2.75) is 19.3 Å². The summed E-state index contributed by atoms with van der Waals surface area (Å²) in [5.74, 6) is 1.50. The summed E-state index contributed by atoms with van der Waals surface area (Å²) < 4.78 is 2.39. The number of para-hydroxylation sites is 3. The van der Waals surface area contributed by atoms with Crippen molar-refractivity contribution in [3.63, 3.8) is 0 Å². The van der Waals surface area contributed by atoms with E-state index in [-0.39, 0.29) is 5.41 Å². The minimum Gasteiger partial charge on any atom is -0.310 e. The maximum absolute atomic E-state index is 5.46. The van der Waals surface area contributed by atoms with E-state index in [1.165, 1.54) is 55.2 Å². The lowest BCUT2D eigenvalue weighted by atomic mass is 9.73. The van der Waals surface area contributed by atoms with Gasteiger partial charge in [-0.2, -0.15) is 0 Å². The summed E-state index contributed by atoms with van der Waals surface area (Å²) in [4.78, 5) is 13.1. The minimum atomic E-state index is -0.258. The topological polar surface area (TPSA) is 34.0 Å². The van der Waals surface area contributed by atoms with E-state index in [0.717, 1.165) is 50.5 Å². The Balaban J connectivity index is 1.12. The summed E-state index contributed by atoms with van der Waals surface area (Å²) in [6.45, 7) is 4.72. The maximum atomic E-state index is 5.46. The van der Waals surface area contributed by atoms with Crippen molar-refractivity contribution < 1.29 is 0 Å². The van der Waals surface area contributed by atoms with Gasteiger partial charge in [0.1, 0.15) is 5.82 Å². The van der Waals surface area contributed by atoms with Gasteiger partial charge in [0.2, 0.25) is 0 Å². The third kappa shape index (κ3) is 5.98. The molecule has 0 bridgehead atoms. The lowest BCUT2D eigenvalue weighted by molar-refractivity contribution is 0.632.